The molecule has 6 nitrogen and oxygen atoms in total. The van der Waals surface area contributed by atoms with E-state index >= 15 is 0 Å². The second kappa shape index (κ2) is 10.5. The Balaban J connectivity index is 1.41. The summed E-state index contributed by atoms with van der Waals surface area (Å²) in [5.41, 5.74) is 2.94. The number of fused-ring (bicyclic) bond motifs is 2. The first-order valence-corrected chi connectivity index (χ1v) is 12.6. The Morgan fingerprint density at radius 1 is 1.08 bits per heavy atom. The maximum atomic E-state index is 12.0. The van der Waals surface area contributed by atoms with E-state index in [1.54, 1.807) is 31.4 Å². The molecule has 0 aliphatic heterocycles. The maximum absolute atomic E-state index is 12.0. The molecule has 0 bridgehead atoms. The van der Waals surface area contributed by atoms with Crippen molar-refractivity contribution in [2.75, 3.05) is 7.11 Å². The number of ether oxygens (including phenoxy) is 2. The quantitative estimate of drug-likeness (QED) is 0.155. The van der Waals surface area contributed by atoms with Gasteiger partial charge in [0.1, 0.15) is 17.0 Å². The van der Waals surface area contributed by atoms with Crippen molar-refractivity contribution in [3.8, 4) is 11.5 Å². The summed E-state index contributed by atoms with van der Waals surface area (Å²) in [6, 6.07) is 25.0. The zero-order valence-corrected chi connectivity index (χ0v) is 21.5. The standard InChI is InChI=1S/C28H20BrNO5S/c1-33-24-14-17(15-25(27(31)32)36-28-30-22-11-4-5-12-23(22)35-28)13-21(29)26(24)34-16-19-9-6-8-18-7-2-3-10-20(18)19/h2-15H,16H2,1H3,(H,31,32)/b25-15-. The third kappa shape index (κ3) is 5.10. The van der Waals surface area contributed by atoms with Crippen molar-refractivity contribution in [3.63, 3.8) is 0 Å². The molecule has 1 N–H and O–H groups in total. The molecule has 0 aliphatic carbocycles. The van der Waals surface area contributed by atoms with Gasteiger partial charge < -0.3 is 19.0 Å². The summed E-state index contributed by atoms with van der Waals surface area (Å²) in [7, 11) is 1.55. The lowest BCUT2D eigenvalue weighted by Gasteiger charge is -2.15. The van der Waals surface area contributed by atoms with Gasteiger partial charge in [0.15, 0.2) is 17.1 Å². The highest BCUT2D eigenvalue weighted by Crippen LogP contribution is 2.39. The van der Waals surface area contributed by atoms with Gasteiger partial charge in [0.05, 0.1) is 11.6 Å². The zero-order chi connectivity index (χ0) is 25.1. The Labute approximate surface area is 219 Å². The topological polar surface area (TPSA) is 81.8 Å². The summed E-state index contributed by atoms with van der Waals surface area (Å²) in [6.07, 6.45) is 1.55. The van der Waals surface area contributed by atoms with Crippen LogP contribution >= 0.6 is 27.7 Å². The Kier molecular flexibility index (Phi) is 6.97. The molecule has 0 fully saturated rings. The molecular weight excluding hydrogens is 542 g/mol. The molecule has 1 aromatic heterocycles. The van der Waals surface area contributed by atoms with Gasteiger partial charge in [0.2, 0.25) is 0 Å². The van der Waals surface area contributed by atoms with Crippen LogP contribution in [0, 0.1) is 0 Å². The number of carboxylic acid groups (broad SMARTS) is 1. The van der Waals surface area contributed by atoms with Gasteiger partial charge in [-0.25, -0.2) is 9.78 Å². The molecule has 5 rings (SSSR count). The highest BCUT2D eigenvalue weighted by atomic mass is 79.9. The molecule has 0 amide bonds. The fourth-order valence-corrected chi connectivity index (χ4v) is 5.13. The van der Waals surface area contributed by atoms with Crippen LogP contribution in [0.1, 0.15) is 11.1 Å². The number of oxazole rings is 1. The van der Waals surface area contributed by atoms with Crippen LogP contribution in [0.3, 0.4) is 0 Å². The van der Waals surface area contributed by atoms with Gasteiger partial charge in [0, 0.05) is 0 Å². The van der Waals surface area contributed by atoms with Crippen molar-refractivity contribution >= 4 is 61.6 Å². The molecule has 0 saturated carbocycles. The van der Waals surface area contributed by atoms with Crippen molar-refractivity contribution in [2.45, 2.75) is 11.8 Å². The van der Waals surface area contributed by atoms with Gasteiger partial charge in [-0.1, -0.05) is 54.6 Å². The van der Waals surface area contributed by atoms with E-state index in [4.69, 9.17) is 13.9 Å². The highest BCUT2D eigenvalue weighted by Gasteiger charge is 2.17. The molecule has 0 aliphatic rings. The first-order chi connectivity index (χ1) is 17.5. The maximum Gasteiger partial charge on any atom is 0.342 e. The minimum absolute atomic E-state index is 0.0555. The second-order valence-electron chi connectivity index (χ2n) is 7.82. The van der Waals surface area contributed by atoms with Gasteiger partial charge in [-0.2, -0.15) is 0 Å². The van der Waals surface area contributed by atoms with E-state index in [2.05, 4.69) is 39.1 Å². The van der Waals surface area contributed by atoms with Crippen molar-refractivity contribution in [1.82, 2.24) is 4.98 Å². The fourth-order valence-electron chi connectivity index (χ4n) is 3.81. The van der Waals surface area contributed by atoms with Crippen LogP contribution in [0.4, 0.5) is 0 Å². The molecular formula is C28H20BrNO5S. The summed E-state index contributed by atoms with van der Waals surface area (Å²) in [4.78, 5) is 16.4. The fraction of sp³-hybridized carbons (Fsp3) is 0.0714. The first kappa shape index (κ1) is 24.0. The molecule has 0 saturated heterocycles. The van der Waals surface area contributed by atoms with Crippen LogP contribution in [0.15, 0.2) is 97.9 Å². The predicted octanol–water partition coefficient (Wildman–Crippen LogP) is 7.55. The summed E-state index contributed by atoms with van der Waals surface area (Å²) in [5.74, 6) is -0.0767. The van der Waals surface area contributed by atoms with Crippen molar-refractivity contribution in [1.29, 1.82) is 0 Å². The van der Waals surface area contributed by atoms with Crippen LogP contribution in [0.25, 0.3) is 27.9 Å². The van der Waals surface area contributed by atoms with Crippen molar-refractivity contribution < 1.29 is 23.8 Å². The second-order valence-corrected chi connectivity index (χ2v) is 9.67. The minimum atomic E-state index is -1.09. The molecule has 180 valence electrons. The Morgan fingerprint density at radius 3 is 2.67 bits per heavy atom. The van der Waals surface area contributed by atoms with Gasteiger partial charge >= 0.3 is 5.97 Å². The number of hydrogen-bond donors (Lipinski definition) is 1. The van der Waals surface area contributed by atoms with Gasteiger partial charge in [0.25, 0.3) is 5.22 Å². The van der Waals surface area contributed by atoms with Gasteiger partial charge in [-0.15, -0.1) is 0 Å². The number of para-hydroxylation sites is 2. The number of aromatic nitrogens is 1. The number of halogens is 1. The lowest BCUT2D eigenvalue weighted by atomic mass is 10.1. The number of carboxylic acids is 1. The van der Waals surface area contributed by atoms with E-state index in [9.17, 15) is 9.90 Å². The average Bonchev–Trinajstić information content (AvgIpc) is 3.30. The predicted molar refractivity (Wildman–Crippen MR) is 144 cm³/mol. The Bertz CT molecular complexity index is 1570. The van der Waals surface area contributed by atoms with Crippen molar-refractivity contribution in [3.05, 3.63) is 99.4 Å². The lowest BCUT2D eigenvalue weighted by Crippen LogP contribution is -2.00. The largest absolute Gasteiger partial charge is 0.493 e. The number of hydrogen-bond acceptors (Lipinski definition) is 6. The number of carbonyl (C=O) groups is 1. The molecule has 1 heterocycles. The van der Waals surface area contributed by atoms with Crippen LogP contribution in [-0.2, 0) is 11.4 Å². The van der Waals surface area contributed by atoms with E-state index in [1.165, 1.54) is 0 Å². The summed E-state index contributed by atoms with van der Waals surface area (Å²) >= 11 is 4.51. The normalized spacial score (nSPS) is 11.7. The van der Waals surface area contributed by atoms with E-state index in [-0.39, 0.29) is 10.1 Å². The zero-order valence-electron chi connectivity index (χ0n) is 19.1. The monoisotopic (exact) mass is 561 g/mol. The van der Waals surface area contributed by atoms with E-state index in [1.807, 2.05) is 42.5 Å². The SMILES string of the molecule is COc1cc(/C=C(\Sc2nc3ccccc3o2)C(=O)O)cc(Br)c1OCc1cccc2ccccc12. The van der Waals surface area contributed by atoms with Gasteiger partial charge in [-0.05, 0) is 79.9 Å². The molecule has 36 heavy (non-hydrogen) atoms. The van der Waals surface area contributed by atoms with Crippen LogP contribution in [0.2, 0.25) is 0 Å². The molecule has 4 aromatic carbocycles. The average molecular weight is 562 g/mol. The first-order valence-electron chi connectivity index (χ1n) is 11.0. The van der Waals surface area contributed by atoms with Gasteiger partial charge in [-0.3, -0.25) is 0 Å². The van der Waals surface area contributed by atoms with Crippen molar-refractivity contribution in [2.24, 2.45) is 0 Å². The van der Waals surface area contributed by atoms with E-state index in [0.717, 1.165) is 28.1 Å². The highest BCUT2D eigenvalue weighted by molar-refractivity contribution is 9.10. The molecule has 0 spiro atoms. The van der Waals surface area contributed by atoms with Crippen LogP contribution in [0.5, 0.6) is 11.5 Å². The minimum Gasteiger partial charge on any atom is -0.493 e. The van der Waals surface area contributed by atoms with Crippen LogP contribution in [-0.4, -0.2) is 23.2 Å². The number of rotatable bonds is 8. The van der Waals surface area contributed by atoms with E-state index in [0.29, 0.717) is 39.2 Å². The number of aliphatic carboxylic acids is 1. The summed E-state index contributed by atoms with van der Waals surface area (Å²) < 4.78 is 18.0. The molecule has 5 aromatic rings. The Hall–Kier alpha value is -3.75. The molecule has 0 atom stereocenters. The molecule has 8 heteroatoms. The molecule has 0 unspecified atom stereocenters. The number of benzene rings is 4. The summed E-state index contributed by atoms with van der Waals surface area (Å²) in [6.45, 7) is 0.347. The number of nitrogens with zero attached hydrogens (tertiary/aromatic N) is 1. The van der Waals surface area contributed by atoms with Crippen LogP contribution < -0.4 is 9.47 Å². The lowest BCUT2D eigenvalue weighted by molar-refractivity contribution is -0.131. The van der Waals surface area contributed by atoms with E-state index < -0.39 is 5.97 Å². The number of methoxy groups -OCH3 is 1. The molecule has 0 radical (unpaired) electrons. The summed E-state index contributed by atoms with van der Waals surface area (Å²) in [5, 5.41) is 12.3. The number of thioether (sulfide) groups is 1. The third-order valence-corrected chi connectivity index (χ3v) is 6.93. The third-order valence-electron chi connectivity index (χ3n) is 5.48. The smallest absolute Gasteiger partial charge is 0.342 e. The Morgan fingerprint density at radius 2 is 1.86 bits per heavy atom.